The van der Waals surface area contributed by atoms with E-state index in [2.05, 4.69) is 27.7 Å². The van der Waals surface area contributed by atoms with E-state index in [1.54, 1.807) is 19.3 Å². The molecule has 3 saturated carbocycles. The summed E-state index contributed by atoms with van der Waals surface area (Å²) in [6.45, 7) is 9.53. The molecule has 0 aromatic carbocycles. The van der Waals surface area contributed by atoms with Crippen molar-refractivity contribution >= 4 is 0 Å². The van der Waals surface area contributed by atoms with Crippen LogP contribution in [0.5, 0.6) is 0 Å². The Hall–Kier alpha value is 0. The highest BCUT2D eigenvalue weighted by Crippen LogP contribution is 2.77. The molecule has 0 unspecified atom stereocenters. The minimum atomic E-state index is 0.814. The van der Waals surface area contributed by atoms with Gasteiger partial charge < -0.3 is 0 Å². The van der Waals surface area contributed by atoms with Crippen LogP contribution < -0.4 is 0 Å². The normalized spacial score (nSPS) is 44.5. The third kappa shape index (κ3) is 0.963. The summed E-state index contributed by atoms with van der Waals surface area (Å²) in [5.74, 6) is 1.85. The molecule has 0 saturated heterocycles. The maximum atomic E-state index is 2.40. The fourth-order valence-electron chi connectivity index (χ4n) is 3.78. The standard InChI is InChI=1S/C12H22/c1-9(2)5-11-6-12(7-11,8-11)10(3)4/h9-10H,5-8H2,1-4H3. The first kappa shape index (κ1) is 8.59. The van der Waals surface area contributed by atoms with E-state index in [4.69, 9.17) is 0 Å². The van der Waals surface area contributed by atoms with Crippen molar-refractivity contribution in [1.29, 1.82) is 0 Å². The Bertz CT molecular complexity index is 168. The van der Waals surface area contributed by atoms with Crippen LogP contribution in [-0.4, -0.2) is 0 Å². The van der Waals surface area contributed by atoms with Crippen molar-refractivity contribution in [3.63, 3.8) is 0 Å². The molecule has 0 aliphatic heterocycles. The molecule has 0 aromatic heterocycles. The minimum absolute atomic E-state index is 0.814. The molecule has 0 spiro atoms. The van der Waals surface area contributed by atoms with Gasteiger partial charge in [0.05, 0.1) is 0 Å². The SMILES string of the molecule is CC(C)CC12CC(C(C)C)(C1)C2. The summed E-state index contributed by atoms with van der Waals surface area (Å²) < 4.78 is 0. The quantitative estimate of drug-likeness (QED) is 0.597. The van der Waals surface area contributed by atoms with Crippen LogP contribution in [0.2, 0.25) is 0 Å². The van der Waals surface area contributed by atoms with E-state index in [0.717, 1.165) is 22.7 Å². The van der Waals surface area contributed by atoms with E-state index in [1.165, 1.54) is 6.42 Å². The molecular weight excluding hydrogens is 144 g/mol. The van der Waals surface area contributed by atoms with Gasteiger partial charge in [-0.15, -0.1) is 0 Å². The molecule has 3 rings (SSSR count). The lowest BCUT2D eigenvalue weighted by atomic mass is 9.31. The van der Waals surface area contributed by atoms with E-state index in [9.17, 15) is 0 Å². The Labute approximate surface area is 76.7 Å². The van der Waals surface area contributed by atoms with E-state index < -0.39 is 0 Å². The summed E-state index contributed by atoms with van der Waals surface area (Å²) in [4.78, 5) is 0. The zero-order chi connectivity index (χ0) is 8.98. The second-order valence-electron chi connectivity index (χ2n) is 6.15. The maximum Gasteiger partial charge on any atom is -0.0259 e. The molecule has 0 nitrogen and oxygen atoms in total. The summed E-state index contributed by atoms with van der Waals surface area (Å²) in [5, 5.41) is 0. The first-order valence-corrected chi connectivity index (χ1v) is 5.48. The summed E-state index contributed by atoms with van der Waals surface area (Å²) >= 11 is 0. The highest BCUT2D eigenvalue weighted by molar-refractivity contribution is 5.17. The van der Waals surface area contributed by atoms with Crippen LogP contribution in [-0.2, 0) is 0 Å². The van der Waals surface area contributed by atoms with Gasteiger partial charge in [0.1, 0.15) is 0 Å². The van der Waals surface area contributed by atoms with Gasteiger partial charge in [0.25, 0.3) is 0 Å². The van der Waals surface area contributed by atoms with Gasteiger partial charge in [-0.2, -0.15) is 0 Å². The van der Waals surface area contributed by atoms with Gasteiger partial charge in [0.15, 0.2) is 0 Å². The average Bonchev–Trinajstić information content (AvgIpc) is 1.72. The average molecular weight is 166 g/mol. The van der Waals surface area contributed by atoms with E-state index in [-0.39, 0.29) is 0 Å². The predicted octanol–water partition coefficient (Wildman–Crippen LogP) is 3.86. The predicted molar refractivity (Wildman–Crippen MR) is 53.0 cm³/mol. The van der Waals surface area contributed by atoms with Crippen LogP contribution in [0, 0.1) is 22.7 Å². The highest BCUT2D eigenvalue weighted by Gasteiger charge is 2.67. The third-order valence-electron chi connectivity index (χ3n) is 4.25. The molecule has 0 heteroatoms. The zero-order valence-electron chi connectivity index (χ0n) is 8.98. The van der Waals surface area contributed by atoms with Crippen molar-refractivity contribution in [2.24, 2.45) is 22.7 Å². The van der Waals surface area contributed by atoms with Gasteiger partial charge in [0.2, 0.25) is 0 Å². The Kier molecular flexibility index (Phi) is 1.63. The Balaban J connectivity index is 1.87. The fraction of sp³-hybridized carbons (Fsp3) is 1.00. The number of hydrogen-bond donors (Lipinski definition) is 0. The van der Waals surface area contributed by atoms with Crippen molar-refractivity contribution in [3.05, 3.63) is 0 Å². The molecule has 3 fully saturated rings. The molecular formula is C12H22. The largest absolute Gasteiger partial charge is 0.0628 e. The van der Waals surface area contributed by atoms with E-state index in [0.29, 0.717) is 0 Å². The van der Waals surface area contributed by atoms with Crippen LogP contribution in [0.15, 0.2) is 0 Å². The van der Waals surface area contributed by atoms with Crippen molar-refractivity contribution < 1.29 is 0 Å². The molecule has 0 aromatic rings. The molecule has 0 radical (unpaired) electrons. The lowest BCUT2D eigenvalue weighted by Gasteiger charge is -2.74. The zero-order valence-corrected chi connectivity index (χ0v) is 8.98. The van der Waals surface area contributed by atoms with Gasteiger partial charge in [-0.3, -0.25) is 0 Å². The monoisotopic (exact) mass is 166 g/mol. The van der Waals surface area contributed by atoms with Crippen LogP contribution in [0.25, 0.3) is 0 Å². The van der Waals surface area contributed by atoms with Crippen LogP contribution in [0.1, 0.15) is 53.4 Å². The van der Waals surface area contributed by atoms with E-state index >= 15 is 0 Å². The Morgan fingerprint density at radius 3 is 1.83 bits per heavy atom. The smallest absolute Gasteiger partial charge is 0.0259 e. The van der Waals surface area contributed by atoms with Crippen LogP contribution in [0.3, 0.4) is 0 Å². The summed E-state index contributed by atoms with van der Waals surface area (Å²) in [7, 11) is 0. The molecule has 0 amide bonds. The third-order valence-corrected chi connectivity index (χ3v) is 4.25. The number of rotatable bonds is 3. The van der Waals surface area contributed by atoms with Crippen molar-refractivity contribution in [3.8, 4) is 0 Å². The summed E-state index contributed by atoms with van der Waals surface area (Å²) in [6.07, 6.45) is 6.14. The number of hydrogen-bond acceptors (Lipinski definition) is 0. The van der Waals surface area contributed by atoms with Crippen molar-refractivity contribution in [1.82, 2.24) is 0 Å². The summed E-state index contributed by atoms with van der Waals surface area (Å²) in [5.41, 5.74) is 1.65. The molecule has 0 N–H and O–H groups in total. The first-order chi connectivity index (χ1) is 5.48. The van der Waals surface area contributed by atoms with Gasteiger partial charge in [-0.05, 0) is 48.3 Å². The summed E-state index contributed by atoms with van der Waals surface area (Å²) in [6, 6.07) is 0. The molecule has 70 valence electrons. The molecule has 2 bridgehead atoms. The molecule has 0 heterocycles. The minimum Gasteiger partial charge on any atom is -0.0628 e. The van der Waals surface area contributed by atoms with Gasteiger partial charge in [0, 0.05) is 0 Å². The topological polar surface area (TPSA) is 0 Å². The lowest BCUT2D eigenvalue weighted by Crippen LogP contribution is -2.64. The second-order valence-corrected chi connectivity index (χ2v) is 6.15. The van der Waals surface area contributed by atoms with Gasteiger partial charge in [-0.1, -0.05) is 27.7 Å². The van der Waals surface area contributed by atoms with Gasteiger partial charge >= 0.3 is 0 Å². The molecule has 3 aliphatic rings. The lowest BCUT2D eigenvalue weighted by molar-refractivity contribution is -0.236. The van der Waals surface area contributed by atoms with Crippen molar-refractivity contribution in [2.45, 2.75) is 53.4 Å². The second kappa shape index (κ2) is 2.27. The first-order valence-electron chi connectivity index (χ1n) is 5.48. The van der Waals surface area contributed by atoms with E-state index in [1.807, 2.05) is 0 Å². The van der Waals surface area contributed by atoms with Crippen molar-refractivity contribution in [2.75, 3.05) is 0 Å². The van der Waals surface area contributed by atoms with Crippen LogP contribution >= 0.6 is 0 Å². The Morgan fingerprint density at radius 1 is 1.00 bits per heavy atom. The molecule has 12 heavy (non-hydrogen) atoms. The Morgan fingerprint density at radius 2 is 1.50 bits per heavy atom. The van der Waals surface area contributed by atoms with Crippen LogP contribution in [0.4, 0.5) is 0 Å². The highest BCUT2D eigenvalue weighted by atomic mass is 14.7. The fourth-order valence-corrected chi connectivity index (χ4v) is 3.78. The van der Waals surface area contributed by atoms with Gasteiger partial charge in [-0.25, -0.2) is 0 Å². The maximum absolute atomic E-state index is 2.40. The molecule has 3 aliphatic carbocycles. The molecule has 0 atom stereocenters.